The van der Waals surface area contributed by atoms with Gasteiger partial charge in [0.05, 0.1) is 12.7 Å². The Labute approximate surface area is 142 Å². The van der Waals surface area contributed by atoms with Gasteiger partial charge in [-0.1, -0.05) is 18.2 Å². The molecule has 0 unspecified atom stereocenters. The highest BCUT2D eigenvalue weighted by Gasteiger charge is 2.20. The molecule has 0 fully saturated rings. The fourth-order valence-corrected chi connectivity index (χ4v) is 2.30. The minimum absolute atomic E-state index is 0.369. The number of amides is 1. The van der Waals surface area contributed by atoms with Gasteiger partial charge in [0.15, 0.2) is 6.10 Å². The van der Waals surface area contributed by atoms with Crippen LogP contribution in [0.1, 0.15) is 17.3 Å². The van der Waals surface area contributed by atoms with Crippen LogP contribution in [0.4, 0.5) is 5.69 Å². The normalized spacial score (nSPS) is 11.4. The number of hydrogen-bond donors (Lipinski definition) is 1. The van der Waals surface area contributed by atoms with Gasteiger partial charge in [-0.25, -0.2) is 4.79 Å². The Morgan fingerprint density at radius 1 is 1.13 bits per heavy atom. The van der Waals surface area contributed by atoms with Crippen LogP contribution >= 0.6 is 15.9 Å². The number of ether oxygens (including phenoxy) is 2. The molecule has 0 aliphatic rings. The molecule has 2 aromatic carbocycles. The van der Waals surface area contributed by atoms with E-state index in [0.717, 1.165) is 0 Å². The maximum atomic E-state index is 12.1. The van der Waals surface area contributed by atoms with Crippen LogP contribution in [0.3, 0.4) is 0 Å². The highest BCUT2D eigenvalue weighted by molar-refractivity contribution is 9.10. The number of hydrogen-bond acceptors (Lipinski definition) is 4. The van der Waals surface area contributed by atoms with E-state index >= 15 is 0 Å². The van der Waals surface area contributed by atoms with Gasteiger partial charge in [-0.15, -0.1) is 0 Å². The molecule has 0 aliphatic carbocycles. The second-order valence-corrected chi connectivity index (χ2v) is 5.60. The maximum absolute atomic E-state index is 12.1. The minimum atomic E-state index is -0.930. The average molecular weight is 378 g/mol. The van der Waals surface area contributed by atoms with E-state index in [1.165, 1.54) is 6.92 Å². The van der Waals surface area contributed by atoms with E-state index in [1.807, 2.05) is 0 Å². The molecule has 1 atom stereocenters. The largest absolute Gasteiger partial charge is 0.497 e. The number of benzene rings is 2. The quantitative estimate of drug-likeness (QED) is 0.807. The molecule has 23 heavy (non-hydrogen) atoms. The molecule has 5 nitrogen and oxygen atoms in total. The summed E-state index contributed by atoms with van der Waals surface area (Å²) in [4.78, 5) is 24.2. The molecule has 120 valence electrons. The van der Waals surface area contributed by atoms with Crippen molar-refractivity contribution in [1.29, 1.82) is 0 Å². The zero-order chi connectivity index (χ0) is 16.8. The lowest BCUT2D eigenvalue weighted by molar-refractivity contribution is -0.123. The van der Waals surface area contributed by atoms with Gasteiger partial charge in [-0.2, -0.15) is 0 Å². The third-order valence-electron chi connectivity index (χ3n) is 3.08. The van der Waals surface area contributed by atoms with Crippen molar-refractivity contribution in [3.63, 3.8) is 0 Å². The molecular formula is C17H16BrNO4. The van der Waals surface area contributed by atoms with Crippen molar-refractivity contribution < 1.29 is 19.1 Å². The van der Waals surface area contributed by atoms with Gasteiger partial charge in [0.25, 0.3) is 5.91 Å². The molecule has 0 heterocycles. The highest BCUT2D eigenvalue weighted by atomic mass is 79.9. The molecule has 2 aromatic rings. The second kappa shape index (κ2) is 7.78. The van der Waals surface area contributed by atoms with Crippen LogP contribution in [0.2, 0.25) is 0 Å². The first kappa shape index (κ1) is 17.0. The Hall–Kier alpha value is -2.34. The smallest absolute Gasteiger partial charge is 0.340 e. The van der Waals surface area contributed by atoms with Crippen molar-refractivity contribution in [3.05, 3.63) is 58.6 Å². The predicted octanol–water partition coefficient (Wildman–Crippen LogP) is 3.64. The fourth-order valence-electron chi connectivity index (χ4n) is 1.85. The number of esters is 1. The summed E-state index contributed by atoms with van der Waals surface area (Å²) < 4.78 is 10.9. The third-order valence-corrected chi connectivity index (χ3v) is 3.78. The van der Waals surface area contributed by atoms with Crippen LogP contribution in [0, 0.1) is 0 Å². The molecule has 0 aromatic heterocycles. The van der Waals surface area contributed by atoms with Crippen LogP contribution in [-0.4, -0.2) is 25.1 Å². The lowest BCUT2D eigenvalue weighted by Gasteiger charge is -2.14. The molecule has 0 saturated carbocycles. The molecule has 0 spiro atoms. The summed E-state index contributed by atoms with van der Waals surface area (Å²) in [6, 6.07) is 13.8. The monoisotopic (exact) mass is 377 g/mol. The second-order valence-electron chi connectivity index (χ2n) is 4.75. The first-order valence-corrected chi connectivity index (χ1v) is 7.71. The predicted molar refractivity (Wildman–Crippen MR) is 90.6 cm³/mol. The highest BCUT2D eigenvalue weighted by Crippen LogP contribution is 2.19. The summed E-state index contributed by atoms with van der Waals surface area (Å²) in [6.07, 6.45) is -0.930. The van der Waals surface area contributed by atoms with Gasteiger partial charge < -0.3 is 14.8 Å². The fraction of sp³-hybridized carbons (Fsp3) is 0.176. The summed E-state index contributed by atoms with van der Waals surface area (Å²) in [5.41, 5.74) is 0.937. The van der Waals surface area contributed by atoms with Gasteiger partial charge in [-0.05, 0) is 47.1 Å². The van der Waals surface area contributed by atoms with Gasteiger partial charge in [0.1, 0.15) is 5.75 Å². The van der Waals surface area contributed by atoms with Gasteiger partial charge in [0.2, 0.25) is 0 Å². The minimum Gasteiger partial charge on any atom is -0.497 e. The van der Waals surface area contributed by atoms with Crippen molar-refractivity contribution in [3.8, 4) is 5.75 Å². The van der Waals surface area contributed by atoms with Crippen molar-refractivity contribution in [1.82, 2.24) is 0 Å². The van der Waals surface area contributed by atoms with Crippen LogP contribution in [0.5, 0.6) is 5.75 Å². The van der Waals surface area contributed by atoms with E-state index in [4.69, 9.17) is 9.47 Å². The number of carbonyl (C=O) groups is 2. The van der Waals surface area contributed by atoms with Crippen LogP contribution in [0.15, 0.2) is 53.0 Å². The Morgan fingerprint density at radius 2 is 1.87 bits per heavy atom. The van der Waals surface area contributed by atoms with E-state index in [2.05, 4.69) is 21.2 Å². The van der Waals surface area contributed by atoms with E-state index in [1.54, 1.807) is 55.6 Å². The molecule has 0 bridgehead atoms. The summed E-state index contributed by atoms with van der Waals surface area (Å²) in [6.45, 7) is 1.52. The van der Waals surface area contributed by atoms with Crippen molar-refractivity contribution in [2.24, 2.45) is 0 Å². The number of halogens is 1. The summed E-state index contributed by atoms with van der Waals surface area (Å²) in [5.74, 6) is -0.356. The Morgan fingerprint density at radius 3 is 2.57 bits per heavy atom. The number of rotatable bonds is 5. The number of nitrogens with one attached hydrogen (secondary N) is 1. The van der Waals surface area contributed by atoms with Gasteiger partial charge in [-0.3, -0.25) is 4.79 Å². The molecule has 0 radical (unpaired) electrons. The Bertz CT molecular complexity index is 717. The number of anilines is 1. The average Bonchev–Trinajstić information content (AvgIpc) is 2.55. The van der Waals surface area contributed by atoms with Gasteiger partial charge >= 0.3 is 5.97 Å². The van der Waals surface area contributed by atoms with Crippen LogP contribution in [-0.2, 0) is 9.53 Å². The van der Waals surface area contributed by atoms with Crippen LogP contribution in [0.25, 0.3) is 0 Å². The Balaban J connectivity index is 1.99. The van der Waals surface area contributed by atoms with Crippen molar-refractivity contribution in [2.75, 3.05) is 12.4 Å². The summed E-state index contributed by atoms with van der Waals surface area (Å²) in [5, 5.41) is 2.68. The van der Waals surface area contributed by atoms with E-state index in [0.29, 0.717) is 21.5 Å². The third kappa shape index (κ3) is 4.56. The molecule has 0 aliphatic heterocycles. The maximum Gasteiger partial charge on any atom is 0.340 e. The van der Waals surface area contributed by atoms with Crippen molar-refractivity contribution >= 4 is 33.5 Å². The number of carbonyl (C=O) groups excluding carboxylic acids is 2. The summed E-state index contributed by atoms with van der Waals surface area (Å²) >= 11 is 3.28. The standard InChI is InChI=1S/C17H16BrNO4/c1-11(23-17(21)14-8-3-4-9-15(14)18)16(20)19-12-6-5-7-13(10-12)22-2/h3-11H,1-2H3,(H,19,20)/t11-/m0/s1. The first-order valence-electron chi connectivity index (χ1n) is 6.91. The summed E-state index contributed by atoms with van der Waals surface area (Å²) in [7, 11) is 1.54. The zero-order valence-corrected chi connectivity index (χ0v) is 14.3. The first-order chi connectivity index (χ1) is 11.0. The van der Waals surface area contributed by atoms with E-state index in [9.17, 15) is 9.59 Å². The topological polar surface area (TPSA) is 64.6 Å². The molecule has 2 rings (SSSR count). The molecular weight excluding hydrogens is 362 g/mol. The van der Waals surface area contributed by atoms with E-state index in [-0.39, 0.29) is 0 Å². The lowest BCUT2D eigenvalue weighted by Crippen LogP contribution is -2.30. The molecule has 1 N–H and O–H groups in total. The van der Waals surface area contributed by atoms with E-state index < -0.39 is 18.0 Å². The lowest BCUT2D eigenvalue weighted by atomic mass is 10.2. The molecule has 0 saturated heterocycles. The molecule has 1 amide bonds. The SMILES string of the molecule is COc1cccc(NC(=O)[C@H](C)OC(=O)c2ccccc2Br)c1. The Kier molecular flexibility index (Phi) is 5.76. The van der Waals surface area contributed by atoms with Crippen molar-refractivity contribution in [2.45, 2.75) is 13.0 Å². The number of methoxy groups -OCH3 is 1. The molecule has 6 heteroatoms. The van der Waals surface area contributed by atoms with Crippen LogP contribution < -0.4 is 10.1 Å². The zero-order valence-electron chi connectivity index (χ0n) is 12.7. The van der Waals surface area contributed by atoms with Gasteiger partial charge in [0, 0.05) is 16.2 Å².